The molecule has 8 aromatic carbocycles. The first-order chi connectivity index (χ1) is 26.5. The smallest absolute Gasteiger partial charge is 0.537 e. The average Bonchev–Trinajstić information content (AvgIpc) is 3.21. The number of rotatable bonds is 3. The van der Waals surface area contributed by atoms with Gasteiger partial charge in [0.15, 0.2) is 0 Å². The molecular weight excluding hydrogens is 734 g/mol. The summed E-state index contributed by atoms with van der Waals surface area (Å²) in [6, 6.07) is 47.7. The number of halogens is 3. The molecule has 0 aliphatic heterocycles. The summed E-state index contributed by atoms with van der Waals surface area (Å²) in [6.07, 6.45) is 3.43. The highest BCUT2D eigenvalue weighted by atomic mass is 35.5. The lowest BCUT2D eigenvalue weighted by molar-refractivity contribution is 0.454. The van der Waals surface area contributed by atoms with Gasteiger partial charge in [-0.25, -0.2) is 9.97 Å². The molecule has 6 nitrogen and oxygen atoms in total. The molecule has 10 aromatic rings. The van der Waals surface area contributed by atoms with E-state index in [9.17, 15) is 0 Å². The minimum Gasteiger partial charge on any atom is -0.537 e. The Morgan fingerprint density at radius 1 is 0.444 bits per heavy atom. The van der Waals surface area contributed by atoms with E-state index in [1.807, 2.05) is 66.9 Å². The molecule has 0 saturated carbocycles. The summed E-state index contributed by atoms with van der Waals surface area (Å²) in [5, 5.41) is 19.1. The van der Waals surface area contributed by atoms with Crippen molar-refractivity contribution in [2.24, 2.45) is 0 Å². The van der Waals surface area contributed by atoms with Crippen molar-refractivity contribution >= 4 is 108 Å². The highest BCUT2D eigenvalue weighted by Gasteiger charge is 2.13. The van der Waals surface area contributed by atoms with Crippen LogP contribution < -0.4 is 4.65 Å². The molecule has 0 bridgehead atoms. The van der Waals surface area contributed by atoms with Crippen LogP contribution in [0.3, 0.4) is 0 Å². The monoisotopic (exact) mass is 759 g/mol. The summed E-state index contributed by atoms with van der Waals surface area (Å²) in [7, 11) is 0.617. The Morgan fingerprint density at radius 2 is 0.889 bits per heavy atom. The van der Waals surface area contributed by atoms with E-state index in [1.54, 1.807) is 30.5 Å². The van der Waals surface area contributed by atoms with Gasteiger partial charge in [-0.1, -0.05) is 150 Å². The van der Waals surface area contributed by atoms with E-state index in [1.165, 1.54) is 21.5 Å². The highest BCUT2D eigenvalue weighted by molar-refractivity contribution is 6.31. The van der Waals surface area contributed by atoms with Gasteiger partial charge in [-0.3, -0.25) is 9.97 Å². The Bertz CT molecular complexity index is 2910. The van der Waals surface area contributed by atoms with Gasteiger partial charge in [0.1, 0.15) is 10.9 Å². The standard InChI is InChI=1S/C22H13ClN2.C16H9ClN2.C6H5BClO2/c23-15-7-5-6-14(12-15)20-13-24-21-18-10-3-1-8-16(18)17-9-2-4-11-19(17)22(21)25-20;17-14-9-18-15-12-7-3-1-5-10(12)11-6-2-4-8-13(11)16(15)19-14;8-5-2-1-3-6(4-5)10-7-9/h1-13H;1-9H;1-4,9H. The van der Waals surface area contributed by atoms with E-state index in [0.717, 1.165) is 54.9 Å². The Morgan fingerprint density at radius 3 is 1.39 bits per heavy atom. The SMILES string of the molecule is Clc1cccc(-c2cnc3c4ccccc4c4ccccc4c3n2)c1.Clc1cnc2c3ccccc3c3ccccc3c2n1.O[B]Oc1cccc(Cl)c1. The van der Waals surface area contributed by atoms with Gasteiger partial charge in [0.25, 0.3) is 0 Å². The predicted octanol–water partition coefficient (Wildman–Crippen LogP) is 12.1. The second-order valence-corrected chi connectivity index (χ2v) is 13.5. The Balaban J connectivity index is 0.000000126. The molecule has 2 aromatic heterocycles. The normalized spacial score (nSPS) is 11.0. The van der Waals surface area contributed by atoms with Gasteiger partial charge in [0.2, 0.25) is 0 Å². The molecule has 0 aliphatic rings. The van der Waals surface area contributed by atoms with Crippen molar-refractivity contribution in [1.82, 2.24) is 19.9 Å². The lowest BCUT2D eigenvalue weighted by Crippen LogP contribution is -1.98. The van der Waals surface area contributed by atoms with E-state index in [-0.39, 0.29) is 0 Å². The van der Waals surface area contributed by atoms with Gasteiger partial charge in [-0.05, 0) is 51.9 Å². The first kappa shape index (κ1) is 35.2. The molecule has 1 radical (unpaired) electrons. The third kappa shape index (κ3) is 7.10. The van der Waals surface area contributed by atoms with Crippen LogP contribution in [0.4, 0.5) is 0 Å². The summed E-state index contributed by atoms with van der Waals surface area (Å²) in [5.41, 5.74) is 5.42. The number of hydrogen-bond donors (Lipinski definition) is 1. The quantitative estimate of drug-likeness (QED) is 0.143. The molecule has 1 N–H and O–H groups in total. The van der Waals surface area contributed by atoms with Crippen molar-refractivity contribution in [1.29, 1.82) is 0 Å². The van der Waals surface area contributed by atoms with Gasteiger partial charge in [0, 0.05) is 37.2 Å². The number of nitrogens with zero attached hydrogens (tertiary/aromatic N) is 4. The van der Waals surface area contributed by atoms with Crippen LogP contribution in [0, 0.1) is 0 Å². The van der Waals surface area contributed by atoms with Crippen LogP contribution in [-0.4, -0.2) is 32.6 Å². The summed E-state index contributed by atoms with van der Waals surface area (Å²) in [4.78, 5) is 18.6. The fourth-order valence-corrected chi connectivity index (χ4v) is 7.12. The van der Waals surface area contributed by atoms with Gasteiger partial charge < -0.3 is 9.68 Å². The second-order valence-electron chi connectivity index (χ2n) is 12.2. The minimum absolute atomic E-state index is 0.424. The molecule has 10 heteroatoms. The lowest BCUT2D eigenvalue weighted by Gasteiger charge is -2.10. The zero-order valence-corrected chi connectivity index (χ0v) is 30.6. The van der Waals surface area contributed by atoms with Crippen LogP contribution in [0.1, 0.15) is 0 Å². The molecule has 0 spiro atoms. The number of fused-ring (bicyclic) bond motifs is 12. The van der Waals surface area contributed by atoms with Crippen LogP contribution in [0.15, 0.2) is 158 Å². The molecule has 54 heavy (non-hydrogen) atoms. The third-order valence-corrected chi connectivity index (χ3v) is 9.58. The maximum absolute atomic E-state index is 8.22. The van der Waals surface area contributed by atoms with Crippen molar-refractivity contribution < 1.29 is 9.68 Å². The molecule has 0 fully saturated rings. The van der Waals surface area contributed by atoms with E-state index >= 15 is 0 Å². The zero-order chi connectivity index (χ0) is 37.0. The maximum atomic E-state index is 8.22. The van der Waals surface area contributed by atoms with Crippen molar-refractivity contribution in [3.63, 3.8) is 0 Å². The lowest BCUT2D eigenvalue weighted by atomic mass is 9.99. The van der Waals surface area contributed by atoms with Crippen LogP contribution >= 0.6 is 34.8 Å². The minimum atomic E-state index is 0.424. The molecular formula is C44H27BCl3N4O2. The fraction of sp³-hybridized carbons (Fsp3) is 0. The fourth-order valence-electron chi connectivity index (χ4n) is 6.61. The van der Waals surface area contributed by atoms with Crippen LogP contribution in [-0.2, 0) is 0 Å². The molecule has 10 rings (SSSR count). The predicted molar refractivity (Wildman–Crippen MR) is 225 cm³/mol. The number of benzene rings is 8. The average molecular weight is 761 g/mol. The summed E-state index contributed by atoms with van der Waals surface area (Å²) < 4.78 is 4.63. The maximum Gasteiger partial charge on any atom is 0.569 e. The van der Waals surface area contributed by atoms with E-state index < -0.39 is 0 Å². The van der Waals surface area contributed by atoms with Crippen molar-refractivity contribution in [2.45, 2.75) is 0 Å². The first-order valence-electron chi connectivity index (χ1n) is 16.9. The Labute approximate surface area is 325 Å². The summed E-state index contributed by atoms with van der Waals surface area (Å²) in [5.74, 6) is 0.523. The van der Waals surface area contributed by atoms with E-state index in [4.69, 9.17) is 49.8 Å². The number of hydrogen-bond acceptors (Lipinski definition) is 6. The molecule has 0 aliphatic carbocycles. The molecule has 0 saturated heterocycles. The van der Waals surface area contributed by atoms with Gasteiger partial charge in [-0.2, -0.15) is 0 Å². The summed E-state index contributed by atoms with van der Waals surface area (Å²) >= 11 is 17.7. The van der Waals surface area contributed by atoms with Crippen molar-refractivity contribution in [2.75, 3.05) is 0 Å². The van der Waals surface area contributed by atoms with Gasteiger partial charge in [-0.15, -0.1) is 0 Å². The highest BCUT2D eigenvalue weighted by Crippen LogP contribution is 2.35. The van der Waals surface area contributed by atoms with E-state index in [0.29, 0.717) is 28.6 Å². The second kappa shape index (κ2) is 15.6. The topological polar surface area (TPSA) is 81.0 Å². The Hall–Kier alpha value is -5.83. The zero-order valence-electron chi connectivity index (χ0n) is 28.4. The van der Waals surface area contributed by atoms with Gasteiger partial charge in [0.05, 0.1) is 40.2 Å². The number of aromatic nitrogens is 4. The molecule has 0 atom stereocenters. The van der Waals surface area contributed by atoms with Crippen LogP contribution in [0.2, 0.25) is 15.2 Å². The molecule has 0 amide bonds. The third-order valence-electron chi connectivity index (χ3n) is 8.93. The van der Waals surface area contributed by atoms with Crippen LogP contribution in [0.25, 0.3) is 76.4 Å². The van der Waals surface area contributed by atoms with Crippen molar-refractivity contribution in [3.05, 3.63) is 173 Å². The van der Waals surface area contributed by atoms with Gasteiger partial charge >= 0.3 is 7.69 Å². The first-order valence-corrected chi connectivity index (χ1v) is 18.0. The van der Waals surface area contributed by atoms with Crippen LogP contribution in [0.5, 0.6) is 5.75 Å². The molecule has 0 unspecified atom stereocenters. The van der Waals surface area contributed by atoms with Crippen molar-refractivity contribution in [3.8, 4) is 17.0 Å². The largest absolute Gasteiger partial charge is 0.569 e. The molecule has 2 heterocycles. The Kier molecular flexibility index (Phi) is 10.2. The molecule has 259 valence electrons. The summed E-state index contributed by atoms with van der Waals surface area (Å²) in [6.45, 7) is 0. The van der Waals surface area contributed by atoms with E-state index in [2.05, 4.69) is 75.3 Å².